The number of hydrogen-bond acceptors (Lipinski definition) is 4. The van der Waals surface area contributed by atoms with Crippen molar-refractivity contribution >= 4 is 17.9 Å². The van der Waals surface area contributed by atoms with E-state index in [1.165, 1.54) is 20.8 Å². The summed E-state index contributed by atoms with van der Waals surface area (Å²) in [7, 11) is 0. The zero-order valence-corrected chi connectivity index (χ0v) is 15.2. The van der Waals surface area contributed by atoms with Crippen molar-refractivity contribution in [1.29, 1.82) is 0 Å². The number of aliphatic carboxylic acids is 3. The minimum Gasteiger partial charge on any atom is -1.00 e. The molecule has 3 N–H and O–H groups in total. The number of carbonyl (C=O) groups is 3. The number of rotatable bonds is 6. The molecule has 0 aromatic rings. The normalized spacial score (nSPS) is 14.7. The molecule has 0 saturated heterocycles. The van der Waals surface area contributed by atoms with Crippen molar-refractivity contribution in [3.8, 4) is 0 Å². The van der Waals surface area contributed by atoms with Crippen LogP contribution in [0, 0.1) is 0 Å². The van der Waals surface area contributed by atoms with E-state index in [1.54, 1.807) is 0 Å². The Balaban J connectivity index is -0.000000187. The first kappa shape index (κ1) is 23.5. The van der Waals surface area contributed by atoms with Gasteiger partial charge < -0.3 is 18.2 Å². The molecule has 3 unspecified atom stereocenters. The average molecular weight is 281 g/mol. The molecule has 0 rings (SSSR count). The Kier molecular flexibility index (Phi) is 13.3. The smallest absolute Gasteiger partial charge is 1.00 e. The van der Waals surface area contributed by atoms with Crippen molar-refractivity contribution in [3.63, 3.8) is 0 Å². The zero-order chi connectivity index (χ0) is 13.0. The summed E-state index contributed by atoms with van der Waals surface area (Å²) in [4.78, 5) is 33.2. The largest absolute Gasteiger partial charge is 1.00 e. The van der Waals surface area contributed by atoms with E-state index >= 15 is 0 Å². The first-order chi connectivity index (χ1) is 7.20. The van der Waals surface area contributed by atoms with E-state index in [4.69, 9.17) is 15.3 Å². The van der Waals surface area contributed by atoms with Gasteiger partial charge in [-0.2, -0.15) is 0 Å². The summed E-state index contributed by atoms with van der Waals surface area (Å²) in [5, 5.41) is 26.4. The number of carboxylic acids is 3. The van der Waals surface area contributed by atoms with Gasteiger partial charge in [-0.1, -0.05) is 0 Å². The summed E-state index contributed by atoms with van der Waals surface area (Å²) in [5.41, 5.74) is 0. The second-order valence-corrected chi connectivity index (χ2v) is 3.49. The third kappa shape index (κ3) is 6.51. The summed E-state index contributed by atoms with van der Waals surface area (Å²) < 4.78 is 0. The van der Waals surface area contributed by atoms with Gasteiger partial charge in [-0.3, -0.25) is 19.3 Å². The summed E-state index contributed by atoms with van der Waals surface area (Å²) in [5.74, 6) is -3.79. The predicted octanol–water partition coefficient (Wildman–Crippen LogP) is -6.06. The molecule has 0 heterocycles. The van der Waals surface area contributed by atoms with E-state index in [0.29, 0.717) is 0 Å². The molecule has 96 valence electrons. The SMILES string of the molecule is CC(C(=O)O)N(C(C)C(=O)O)C(C)C(=O)O.[H-].[H-].[Na+].[Na+]. The first-order valence-electron chi connectivity index (χ1n) is 4.66. The fourth-order valence-electron chi connectivity index (χ4n) is 1.39. The van der Waals surface area contributed by atoms with Crippen LogP contribution in [-0.4, -0.2) is 56.3 Å². The van der Waals surface area contributed by atoms with Crippen LogP contribution < -0.4 is 59.1 Å². The van der Waals surface area contributed by atoms with Crippen molar-refractivity contribution in [1.82, 2.24) is 4.90 Å². The van der Waals surface area contributed by atoms with Gasteiger partial charge in [0, 0.05) is 0 Å². The molecule has 7 nitrogen and oxygen atoms in total. The fraction of sp³-hybridized carbons (Fsp3) is 0.667. The molecule has 0 saturated carbocycles. The number of nitrogens with zero attached hydrogens (tertiary/aromatic N) is 1. The van der Waals surface area contributed by atoms with Gasteiger partial charge >= 0.3 is 77.0 Å². The van der Waals surface area contributed by atoms with Gasteiger partial charge in [-0.05, 0) is 20.8 Å². The third-order valence-electron chi connectivity index (χ3n) is 2.41. The number of carboxylic acid groups (broad SMARTS) is 3. The van der Waals surface area contributed by atoms with Gasteiger partial charge in [-0.25, -0.2) is 0 Å². The van der Waals surface area contributed by atoms with E-state index in [0.717, 1.165) is 4.90 Å². The summed E-state index contributed by atoms with van der Waals surface area (Å²) in [6, 6.07) is -3.55. The molecular formula is C9H17NNa2O6. The van der Waals surface area contributed by atoms with Gasteiger partial charge in [-0.15, -0.1) is 0 Å². The maximum Gasteiger partial charge on any atom is 1.00 e. The molecule has 0 aliphatic rings. The average Bonchev–Trinajstić information content (AvgIpc) is 2.16. The van der Waals surface area contributed by atoms with Crippen LogP contribution in [0.3, 0.4) is 0 Å². The zero-order valence-electron chi connectivity index (χ0n) is 13.2. The maximum atomic E-state index is 10.8. The van der Waals surface area contributed by atoms with E-state index < -0.39 is 36.0 Å². The third-order valence-corrected chi connectivity index (χ3v) is 2.41. The van der Waals surface area contributed by atoms with Crippen molar-refractivity contribution in [2.45, 2.75) is 38.9 Å². The molecule has 0 radical (unpaired) electrons. The summed E-state index contributed by atoms with van der Waals surface area (Å²) >= 11 is 0. The van der Waals surface area contributed by atoms with E-state index in [-0.39, 0.29) is 62.0 Å². The molecule has 0 amide bonds. The van der Waals surface area contributed by atoms with Crippen molar-refractivity contribution in [3.05, 3.63) is 0 Å². The molecule has 0 spiro atoms. The first-order valence-corrected chi connectivity index (χ1v) is 4.66. The minimum atomic E-state index is -1.26. The van der Waals surface area contributed by atoms with Crippen LogP contribution in [0.5, 0.6) is 0 Å². The fourth-order valence-corrected chi connectivity index (χ4v) is 1.39. The van der Waals surface area contributed by atoms with Crippen molar-refractivity contribution in [2.24, 2.45) is 0 Å². The van der Waals surface area contributed by atoms with Crippen LogP contribution >= 0.6 is 0 Å². The molecule has 0 aromatic carbocycles. The van der Waals surface area contributed by atoms with Crippen LogP contribution in [-0.2, 0) is 14.4 Å². The monoisotopic (exact) mass is 281 g/mol. The van der Waals surface area contributed by atoms with Gasteiger partial charge in [0.15, 0.2) is 0 Å². The molecule has 9 heteroatoms. The molecule has 18 heavy (non-hydrogen) atoms. The Hall–Kier alpha value is 0.370. The van der Waals surface area contributed by atoms with E-state index in [9.17, 15) is 14.4 Å². The van der Waals surface area contributed by atoms with Crippen molar-refractivity contribution in [2.75, 3.05) is 0 Å². The van der Waals surface area contributed by atoms with Crippen LogP contribution in [0.15, 0.2) is 0 Å². The van der Waals surface area contributed by atoms with Crippen molar-refractivity contribution < 1.29 is 91.7 Å². The van der Waals surface area contributed by atoms with Gasteiger partial charge in [0.2, 0.25) is 0 Å². The number of hydrogen-bond donors (Lipinski definition) is 3. The molecule has 0 aliphatic carbocycles. The second kappa shape index (κ2) is 10.2. The van der Waals surface area contributed by atoms with Crippen LogP contribution in [0.2, 0.25) is 0 Å². The van der Waals surface area contributed by atoms with Gasteiger partial charge in [0.1, 0.15) is 18.1 Å². The van der Waals surface area contributed by atoms with Crippen LogP contribution in [0.4, 0.5) is 0 Å². The Morgan fingerprint density at radius 3 is 1.06 bits per heavy atom. The Bertz CT molecular complexity index is 273. The Morgan fingerprint density at radius 1 is 0.778 bits per heavy atom. The topological polar surface area (TPSA) is 115 Å². The van der Waals surface area contributed by atoms with Crippen LogP contribution in [0.25, 0.3) is 0 Å². The molecule has 0 fully saturated rings. The summed E-state index contributed by atoms with van der Waals surface area (Å²) in [6.45, 7) is 3.75. The summed E-state index contributed by atoms with van der Waals surface area (Å²) in [6.07, 6.45) is 0. The van der Waals surface area contributed by atoms with Gasteiger partial charge in [0.25, 0.3) is 0 Å². The quantitative estimate of drug-likeness (QED) is 0.415. The maximum absolute atomic E-state index is 10.8. The van der Waals surface area contributed by atoms with Gasteiger partial charge in [0.05, 0.1) is 0 Å². The van der Waals surface area contributed by atoms with E-state index in [2.05, 4.69) is 0 Å². The molecule has 3 atom stereocenters. The standard InChI is InChI=1S/C9H15NO6.2Na.2H/c1-4(7(11)12)10(5(2)8(13)14)6(3)9(15)16;;;;/h4-6H,1-3H3,(H,11,12)(H,13,14)(H,15,16);;;;/q;2*+1;2*-1. The molecule has 0 aliphatic heterocycles. The molecular weight excluding hydrogens is 264 g/mol. The van der Waals surface area contributed by atoms with E-state index in [1.807, 2.05) is 0 Å². The minimum absolute atomic E-state index is 0. The Labute approximate surface area is 152 Å². The Morgan fingerprint density at radius 2 is 0.944 bits per heavy atom. The molecule has 0 bridgehead atoms. The predicted molar refractivity (Wildman–Crippen MR) is 55.4 cm³/mol. The molecule has 0 aromatic heterocycles. The van der Waals surface area contributed by atoms with Crippen LogP contribution in [0.1, 0.15) is 23.6 Å². The second-order valence-electron chi connectivity index (χ2n) is 3.49.